The van der Waals surface area contributed by atoms with E-state index in [1.807, 2.05) is 0 Å². The van der Waals surface area contributed by atoms with Crippen molar-refractivity contribution < 1.29 is 19.6 Å². The summed E-state index contributed by atoms with van der Waals surface area (Å²) < 4.78 is 5.01. The van der Waals surface area contributed by atoms with Crippen LogP contribution in [0, 0.1) is 17.0 Å². The van der Waals surface area contributed by atoms with Crippen molar-refractivity contribution in [1.82, 2.24) is 0 Å². The summed E-state index contributed by atoms with van der Waals surface area (Å²) in [6.07, 6.45) is -0.789. The van der Waals surface area contributed by atoms with Crippen LogP contribution in [0.1, 0.15) is 26.3 Å². The van der Waals surface area contributed by atoms with Crippen LogP contribution in [0.4, 0.5) is 16.2 Å². The lowest BCUT2D eigenvalue weighted by molar-refractivity contribution is -0.384. The summed E-state index contributed by atoms with van der Waals surface area (Å²) in [5.41, 5.74) is -0.683. The van der Waals surface area contributed by atoms with E-state index in [1.165, 1.54) is 13.0 Å². The average molecular weight is 268 g/mol. The van der Waals surface area contributed by atoms with Gasteiger partial charge in [0, 0.05) is 12.1 Å². The van der Waals surface area contributed by atoms with Crippen LogP contribution in [0.15, 0.2) is 12.1 Å². The summed E-state index contributed by atoms with van der Waals surface area (Å²) in [7, 11) is 0. The van der Waals surface area contributed by atoms with Crippen LogP contribution >= 0.6 is 0 Å². The third-order valence-electron chi connectivity index (χ3n) is 2.13. The Bertz CT molecular complexity index is 520. The molecule has 104 valence electrons. The molecule has 0 aromatic heterocycles. The Morgan fingerprint density at radius 2 is 2.00 bits per heavy atom. The van der Waals surface area contributed by atoms with Gasteiger partial charge in [0.15, 0.2) is 0 Å². The SMILES string of the molecule is Cc1cc([N+](=O)[O-])cc(NC(=O)OC(C)(C)C)c1O. The van der Waals surface area contributed by atoms with Gasteiger partial charge in [-0.15, -0.1) is 0 Å². The normalized spacial score (nSPS) is 10.9. The van der Waals surface area contributed by atoms with E-state index < -0.39 is 16.6 Å². The molecule has 0 heterocycles. The fourth-order valence-corrected chi connectivity index (χ4v) is 1.37. The van der Waals surface area contributed by atoms with Crippen LogP contribution in [0.25, 0.3) is 0 Å². The molecular weight excluding hydrogens is 252 g/mol. The van der Waals surface area contributed by atoms with Crippen LogP contribution in [0.5, 0.6) is 5.75 Å². The molecule has 0 unspecified atom stereocenters. The highest BCUT2D eigenvalue weighted by Crippen LogP contribution is 2.32. The highest BCUT2D eigenvalue weighted by atomic mass is 16.6. The number of aromatic hydroxyl groups is 1. The second kappa shape index (κ2) is 5.13. The molecule has 0 atom stereocenters. The number of nitro benzene ring substituents is 1. The van der Waals surface area contributed by atoms with Crippen molar-refractivity contribution in [3.05, 3.63) is 27.8 Å². The van der Waals surface area contributed by atoms with Gasteiger partial charge in [0.25, 0.3) is 5.69 Å². The molecule has 0 bridgehead atoms. The Labute approximate surface area is 110 Å². The second-order valence-electron chi connectivity index (χ2n) is 5.04. The number of aryl methyl sites for hydroxylation is 1. The molecule has 7 nitrogen and oxygen atoms in total. The molecule has 1 aromatic rings. The molecule has 0 aliphatic carbocycles. The van der Waals surface area contributed by atoms with Crippen molar-refractivity contribution in [1.29, 1.82) is 0 Å². The summed E-state index contributed by atoms with van der Waals surface area (Å²) in [6, 6.07) is 2.29. The van der Waals surface area contributed by atoms with E-state index in [2.05, 4.69) is 5.32 Å². The van der Waals surface area contributed by atoms with E-state index in [9.17, 15) is 20.0 Å². The largest absolute Gasteiger partial charge is 0.505 e. The number of anilines is 1. The van der Waals surface area contributed by atoms with Gasteiger partial charge >= 0.3 is 6.09 Å². The topological polar surface area (TPSA) is 102 Å². The first-order chi connectivity index (χ1) is 8.60. The Hall–Kier alpha value is -2.31. The quantitative estimate of drug-likeness (QED) is 0.487. The zero-order chi connectivity index (χ0) is 14.8. The van der Waals surface area contributed by atoms with Gasteiger partial charge in [0.05, 0.1) is 10.6 Å². The summed E-state index contributed by atoms with van der Waals surface area (Å²) in [4.78, 5) is 21.7. The Morgan fingerprint density at radius 3 is 2.47 bits per heavy atom. The second-order valence-corrected chi connectivity index (χ2v) is 5.04. The van der Waals surface area contributed by atoms with Crippen LogP contribution in [-0.4, -0.2) is 21.7 Å². The number of phenols is 1. The number of ether oxygens (including phenoxy) is 1. The molecule has 19 heavy (non-hydrogen) atoms. The fraction of sp³-hybridized carbons (Fsp3) is 0.417. The van der Waals surface area contributed by atoms with Crippen LogP contribution in [0.3, 0.4) is 0 Å². The first kappa shape index (κ1) is 14.7. The first-order valence-electron chi connectivity index (χ1n) is 5.58. The number of hydrogen-bond acceptors (Lipinski definition) is 5. The maximum absolute atomic E-state index is 11.6. The number of rotatable bonds is 2. The summed E-state index contributed by atoms with van der Waals surface area (Å²) in [6.45, 7) is 6.56. The third-order valence-corrected chi connectivity index (χ3v) is 2.13. The lowest BCUT2D eigenvalue weighted by Gasteiger charge is -2.20. The van der Waals surface area contributed by atoms with Gasteiger partial charge in [-0.3, -0.25) is 15.4 Å². The number of benzene rings is 1. The molecule has 0 fully saturated rings. The molecule has 0 radical (unpaired) electrons. The summed E-state index contributed by atoms with van der Waals surface area (Å²) in [5, 5.41) is 22.8. The molecule has 1 amide bonds. The van der Waals surface area contributed by atoms with Crippen molar-refractivity contribution in [3.8, 4) is 5.75 Å². The maximum atomic E-state index is 11.6. The molecule has 0 saturated heterocycles. The van der Waals surface area contributed by atoms with Crippen LogP contribution in [0.2, 0.25) is 0 Å². The van der Waals surface area contributed by atoms with Crippen molar-refractivity contribution in [3.63, 3.8) is 0 Å². The third kappa shape index (κ3) is 4.13. The van der Waals surface area contributed by atoms with E-state index in [4.69, 9.17) is 4.74 Å². The van der Waals surface area contributed by atoms with Gasteiger partial charge in [-0.2, -0.15) is 0 Å². The van der Waals surface area contributed by atoms with Crippen LogP contribution in [-0.2, 0) is 4.74 Å². The van der Waals surface area contributed by atoms with Crippen molar-refractivity contribution in [2.24, 2.45) is 0 Å². The van der Waals surface area contributed by atoms with Gasteiger partial charge in [0.2, 0.25) is 0 Å². The number of carbonyl (C=O) groups excluding carboxylic acids is 1. The van der Waals surface area contributed by atoms with Crippen molar-refractivity contribution >= 4 is 17.5 Å². The minimum atomic E-state index is -0.789. The molecule has 0 aliphatic heterocycles. The Balaban J connectivity index is 3.01. The van der Waals surface area contributed by atoms with E-state index in [-0.39, 0.29) is 17.1 Å². The smallest absolute Gasteiger partial charge is 0.412 e. The van der Waals surface area contributed by atoms with Crippen molar-refractivity contribution in [2.45, 2.75) is 33.3 Å². The molecule has 2 N–H and O–H groups in total. The predicted octanol–water partition coefficient (Wildman–Crippen LogP) is 2.96. The van der Waals surface area contributed by atoms with E-state index >= 15 is 0 Å². The maximum Gasteiger partial charge on any atom is 0.412 e. The number of carbonyl (C=O) groups is 1. The Kier molecular flexibility index (Phi) is 3.98. The number of non-ortho nitro benzene ring substituents is 1. The monoisotopic (exact) mass is 268 g/mol. The molecular formula is C12H16N2O5. The molecule has 0 saturated carbocycles. The number of amides is 1. The lowest BCUT2D eigenvalue weighted by Crippen LogP contribution is -2.27. The average Bonchev–Trinajstić information content (AvgIpc) is 2.21. The summed E-state index contributed by atoms with van der Waals surface area (Å²) >= 11 is 0. The fourth-order valence-electron chi connectivity index (χ4n) is 1.37. The zero-order valence-corrected chi connectivity index (χ0v) is 11.2. The number of hydrogen-bond donors (Lipinski definition) is 2. The van der Waals surface area contributed by atoms with E-state index in [0.29, 0.717) is 5.56 Å². The predicted molar refractivity (Wildman–Crippen MR) is 69.4 cm³/mol. The van der Waals surface area contributed by atoms with Crippen molar-refractivity contribution in [2.75, 3.05) is 5.32 Å². The molecule has 1 aromatic carbocycles. The van der Waals surface area contributed by atoms with Gasteiger partial charge < -0.3 is 9.84 Å². The number of phenolic OH excluding ortho intramolecular Hbond substituents is 1. The number of nitrogens with zero attached hydrogens (tertiary/aromatic N) is 1. The molecule has 0 spiro atoms. The minimum absolute atomic E-state index is 0.0547. The zero-order valence-electron chi connectivity index (χ0n) is 11.2. The summed E-state index contributed by atoms with van der Waals surface area (Å²) in [5.74, 6) is -0.226. The molecule has 0 aliphatic rings. The molecule has 1 rings (SSSR count). The first-order valence-corrected chi connectivity index (χ1v) is 5.58. The molecule has 7 heteroatoms. The number of nitro groups is 1. The van der Waals surface area contributed by atoms with Gasteiger partial charge in [-0.25, -0.2) is 4.79 Å². The van der Waals surface area contributed by atoms with Gasteiger partial charge in [-0.05, 0) is 33.3 Å². The minimum Gasteiger partial charge on any atom is -0.505 e. The van der Waals surface area contributed by atoms with E-state index in [0.717, 1.165) is 6.07 Å². The van der Waals surface area contributed by atoms with Gasteiger partial charge in [0.1, 0.15) is 11.4 Å². The Morgan fingerprint density at radius 1 is 1.42 bits per heavy atom. The standard InChI is InChI=1S/C12H16N2O5/c1-7-5-8(14(17)18)6-9(10(7)15)13-11(16)19-12(2,3)4/h5-6,15H,1-4H3,(H,13,16). The highest BCUT2D eigenvalue weighted by molar-refractivity contribution is 5.88. The number of nitrogens with one attached hydrogen (secondary N) is 1. The lowest BCUT2D eigenvalue weighted by atomic mass is 10.1. The van der Waals surface area contributed by atoms with Gasteiger partial charge in [-0.1, -0.05) is 0 Å². The highest BCUT2D eigenvalue weighted by Gasteiger charge is 2.20. The van der Waals surface area contributed by atoms with Crippen LogP contribution < -0.4 is 5.32 Å². The van der Waals surface area contributed by atoms with E-state index in [1.54, 1.807) is 20.8 Å².